The van der Waals surface area contributed by atoms with Crippen molar-refractivity contribution in [1.29, 1.82) is 0 Å². The third kappa shape index (κ3) is 7.58. The van der Waals surface area contributed by atoms with E-state index in [0.29, 0.717) is 18.8 Å². The van der Waals surface area contributed by atoms with Crippen LogP contribution in [0.4, 0.5) is 0 Å². The quantitative estimate of drug-likeness (QED) is 0.194. The van der Waals surface area contributed by atoms with Gasteiger partial charge in [0, 0.05) is 4.90 Å². The standard InChI is InChI=1S/C33H32O5S/c1-24-17-19-28(20-18-24)39-33-31(36-22-26-13-7-3-8-14-26)30(35-21-25-11-5-2-6-12-25)29(38-33)23-37-32(34)27-15-9-4-10-16-27/h2-20,29-31,33H,21-23H2,1H3/t29-,30-,31+,33-/m1/s1. The van der Waals surface area contributed by atoms with Crippen LogP contribution in [0.5, 0.6) is 0 Å². The molecule has 39 heavy (non-hydrogen) atoms. The first-order valence-electron chi connectivity index (χ1n) is 13.1. The molecule has 0 N–H and O–H groups in total. The maximum absolute atomic E-state index is 12.7. The van der Waals surface area contributed by atoms with Crippen LogP contribution >= 0.6 is 11.8 Å². The molecule has 0 amide bonds. The van der Waals surface area contributed by atoms with E-state index in [4.69, 9.17) is 18.9 Å². The smallest absolute Gasteiger partial charge is 0.338 e. The van der Waals surface area contributed by atoms with E-state index in [1.165, 1.54) is 5.56 Å². The number of aryl methyl sites for hydroxylation is 1. The van der Waals surface area contributed by atoms with Crippen molar-refractivity contribution >= 4 is 17.7 Å². The number of esters is 1. The Hall–Kier alpha value is -3.42. The molecule has 4 aromatic carbocycles. The maximum Gasteiger partial charge on any atom is 0.338 e. The van der Waals surface area contributed by atoms with Crippen LogP contribution in [0.2, 0.25) is 0 Å². The predicted octanol–water partition coefficient (Wildman–Crippen LogP) is 6.84. The first-order valence-corrected chi connectivity index (χ1v) is 14.0. The topological polar surface area (TPSA) is 54.0 Å². The van der Waals surface area contributed by atoms with Crippen LogP contribution in [0, 0.1) is 6.92 Å². The zero-order valence-electron chi connectivity index (χ0n) is 21.8. The molecule has 1 aliphatic rings. The summed E-state index contributed by atoms with van der Waals surface area (Å²) >= 11 is 1.60. The van der Waals surface area contributed by atoms with E-state index >= 15 is 0 Å². The summed E-state index contributed by atoms with van der Waals surface area (Å²) in [7, 11) is 0. The number of benzene rings is 4. The minimum Gasteiger partial charge on any atom is -0.459 e. The molecule has 0 aromatic heterocycles. The van der Waals surface area contributed by atoms with Gasteiger partial charge in [0.15, 0.2) is 0 Å². The van der Waals surface area contributed by atoms with Crippen LogP contribution < -0.4 is 0 Å². The Balaban J connectivity index is 1.36. The van der Waals surface area contributed by atoms with Gasteiger partial charge in [-0.3, -0.25) is 0 Å². The van der Waals surface area contributed by atoms with E-state index in [2.05, 4.69) is 31.2 Å². The van der Waals surface area contributed by atoms with Gasteiger partial charge in [0.2, 0.25) is 0 Å². The van der Waals surface area contributed by atoms with E-state index in [0.717, 1.165) is 16.0 Å². The number of hydrogen-bond donors (Lipinski definition) is 0. The number of ether oxygens (including phenoxy) is 4. The van der Waals surface area contributed by atoms with E-state index in [9.17, 15) is 4.79 Å². The fraction of sp³-hybridized carbons (Fsp3) is 0.242. The SMILES string of the molecule is Cc1ccc(S[C@H]2O[C@H](COC(=O)c3ccccc3)[C@@H](OCc3ccccc3)[C@@H]2OCc2ccccc2)cc1. The van der Waals surface area contributed by atoms with Crippen molar-refractivity contribution in [2.45, 2.75) is 48.8 Å². The monoisotopic (exact) mass is 540 g/mol. The average molecular weight is 541 g/mol. The Kier molecular flexibility index (Phi) is 9.46. The van der Waals surface area contributed by atoms with Crippen molar-refractivity contribution in [3.8, 4) is 0 Å². The van der Waals surface area contributed by atoms with Gasteiger partial charge in [-0.15, -0.1) is 0 Å². The van der Waals surface area contributed by atoms with Gasteiger partial charge >= 0.3 is 5.97 Å². The summed E-state index contributed by atoms with van der Waals surface area (Å²) in [6.07, 6.45) is -1.33. The van der Waals surface area contributed by atoms with Gasteiger partial charge in [-0.1, -0.05) is 108 Å². The van der Waals surface area contributed by atoms with Gasteiger partial charge in [0.05, 0.1) is 18.8 Å². The number of carbonyl (C=O) groups excluding carboxylic acids is 1. The molecule has 4 atom stereocenters. The zero-order chi connectivity index (χ0) is 26.9. The molecule has 1 aliphatic heterocycles. The van der Waals surface area contributed by atoms with Crippen molar-refractivity contribution in [2.75, 3.05) is 6.61 Å². The van der Waals surface area contributed by atoms with Crippen LogP contribution in [0.1, 0.15) is 27.0 Å². The molecule has 1 heterocycles. The van der Waals surface area contributed by atoms with E-state index in [1.807, 2.05) is 78.9 Å². The molecule has 0 aliphatic carbocycles. The summed E-state index contributed by atoms with van der Waals surface area (Å²) in [6.45, 7) is 2.94. The van der Waals surface area contributed by atoms with Gasteiger partial charge in [0.1, 0.15) is 30.4 Å². The lowest BCUT2D eigenvalue weighted by molar-refractivity contribution is -0.0834. The first-order chi connectivity index (χ1) is 19.2. The molecule has 0 radical (unpaired) electrons. The molecule has 5 nitrogen and oxygen atoms in total. The van der Waals surface area contributed by atoms with Gasteiger partial charge in [-0.05, 0) is 42.3 Å². The largest absolute Gasteiger partial charge is 0.459 e. The minimum absolute atomic E-state index is 0.0589. The maximum atomic E-state index is 12.7. The van der Waals surface area contributed by atoms with Gasteiger partial charge in [0.25, 0.3) is 0 Å². The van der Waals surface area contributed by atoms with Crippen molar-refractivity contribution in [2.24, 2.45) is 0 Å². The second-order valence-corrected chi connectivity index (χ2v) is 10.6. The van der Waals surface area contributed by atoms with Crippen LogP contribution in [-0.4, -0.2) is 36.3 Å². The first kappa shape index (κ1) is 27.2. The second kappa shape index (κ2) is 13.6. The number of hydrogen-bond acceptors (Lipinski definition) is 6. The van der Waals surface area contributed by atoms with Crippen molar-refractivity contribution in [3.05, 3.63) is 138 Å². The van der Waals surface area contributed by atoms with Crippen molar-refractivity contribution in [3.63, 3.8) is 0 Å². The Labute approximate surface area is 234 Å². The molecular weight excluding hydrogens is 508 g/mol. The number of carbonyl (C=O) groups is 1. The van der Waals surface area contributed by atoms with Crippen LogP contribution in [0.3, 0.4) is 0 Å². The molecule has 200 valence electrons. The Morgan fingerprint density at radius 2 is 1.26 bits per heavy atom. The third-order valence-corrected chi connectivity index (χ3v) is 7.66. The van der Waals surface area contributed by atoms with Crippen molar-refractivity contribution < 1.29 is 23.7 Å². The summed E-state index contributed by atoms with van der Waals surface area (Å²) in [5.74, 6) is -0.391. The highest BCUT2D eigenvalue weighted by Crippen LogP contribution is 2.38. The van der Waals surface area contributed by atoms with Crippen LogP contribution in [0.25, 0.3) is 0 Å². The summed E-state index contributed by atoms with van der Waals surface area (Å²) in [5, 5.41) is 0. The molecule has 0 bridgehead atoms. The zero-order valence-corrected chi connectivity index (χ0v) is 22.7. The third-order valence-electron chi connectivity index (χ3n) is 6.50. The molecule has 1 fully saturated rings. The van der Waals surface area contributed by atoms with E-state index < -0.39 is 18.2 Å². The summed E-state index contributed by atoms with van der Waals surface area (Å²) in [4.78, 5) is 13.8. The van der Waals surface area contributed by atoms with Crippen molar-refractivity contribution in [1.82, 2.24) is 0 Å². The predicted molar refractivity (Wildman–Crippen MR) is 152 cm³/mol. The van der Waals surface area contributed by atoms with Crippen LogP contribution in [0.15, 0.2) is 120 Å². The molecule has 4 aromatic rings. The fourth-order valence-electron chi connectivity index (χ4n) is 4.40. The lowest BCUT2D eigenvalue weighted by atomic mass is 10.1. The lowest BCUT2D eigenvalue weighted by Gasteiger charge is -2.25. The molecule has 0 spiro atoms. The Morgan fingerprint density at radius 3 is 1.85 bits per heavy atom. The molecule has 5 rings (SSSR count). The Morgan fingerprint density at radius 1 is 0.718 bits per heavy atom. The summed E-state index contributed by atoms with van der Waals surface area (Å²) in [6, 6.07) is 37.4. The summed E-state index contributed by atoms with van der Waals surface area (Å²) < 4.78 is 25.2. The average Bonchev–Trinajstić information content (AvgIpc) is 3.31. The minimum atomic E-state index is -0.495. The van der Waals surface area contributed by atoms with E-state index in [1.54, 1.807) is 23.9 Å². The normalized spacial score (nSPS) is 20.5. The highest BCUT2D eigenvalue weighted by molar-refractivity contribution is 7.99. The molecule has 0 saturated carbocycles. The molecule has 1 saturated heterocycles. The van der Waals surface area contributed by atoms with Gasteiger partial charge < -0.3 is 18.9 Å². The molecule has 6 heteroatoms. The highest BCUT2D eigenvalue weighted by atomic mass is 32.2. The molecular formula is C33H32O5S. The van der Waals surface area contributed by atoms with Crippen LogP contribution in [-0.2, 0) is 32.2 Å². The Bertz CT molecular complexity index is 1300. The fourth-order valence-corrected chi connectivity index (χ4v) is 5.53. The highest BCUT2D eigenvalue weighted by Gasteiger charge is 2.47. The number of thioether (sulfide) groups is 1. The second-order valence-electron chi connectivity index (χ2n) is 9.46. The lowest BCUT2D eigenvalue weighted by Crippen LogP contribution is -2.39. The number of rotatable bonds is 11. The molecule has 0 unspecified atom stereocenters. The summed E-state index contributed by atoms with van der Waals surface area (Å²) in [5.41, 5.74) is 3.46. The van der Waals surface area contributed by atoms with Gasteiger partial charge in [-0.25, -0.2) is 4.79 Å². The van der Waals surface area contributed by atoms with E-state index in [-0.39, 0.29) is 18.1 Å². The van der Waals surface area contributed by atoms with Gasteiger partial charge in [-0.2, -0.15) is 0 Å².